The van der Waals surface area contributed by atoms with Gasteiger partial charge in [-0.15, -0.1) is 0 Å². The summed E-state index contributed by atoms with van der Waals surface area (Å²) in [5.74, 6) is 0. The molecule has 0 bridgehead atoms. The van der Waals surface area contributed by atoms with Crippen molar-refractivity contribution in [1.82, 2.24) is 8.61 Å². The summed E-state index contributed by atoms with van der Waals surface area (Å²) in [5, 5.41) is 11.2. The number of sulfonamides is 2. The Morgan fingerprint density at radius 1 is 0.931 bits per heavy atom. The second-order valence-corrected chi connectivity index (χ2v) is 10.7. The van der Waals surface area contributed by atoms with Crippen LogP contribution in [0.3, 0.4) is 0 Å². The number of nitro benzene ring substituents is 1. The van der Waals surface area contributed by atoms with Crippen molar-refractivity contribution in [3.8, 4) is 0 Å². The van der Waals surface area contributed by atoms with Crippen molar-refractivity contribution < 1.29 is 21.8 Å². The molecule has 1 aliphatic heterocycles. The molecule has 0 amide bonds. The van der Waals surface area contributed by atoms with Crippen LogP contribution in [0.1, 0.15) is 5.56 Å². The quantitative estimate of drug-likeness (QED) is 0.499. The molecular weight excluding hydrogens is 442 g/mol. The minimum atomic E-state index is -4.00. The second-order valence-electron chi connectivity index (χ2n) is 6.44. The molecule has 0 radical (unpaired) electrons. The molecule has 2 aromatic carbocycles. The van der Waals surface area contributed by atoms with Crippen molar-refractivity contribution in [2.75, 3.05) is 26.2 Å². The fourth-order valence-corrected chi connectivity index (χ4v) is 6.40. The van der Waals surface area contributed by atoms with Crippen LogP contribution in [0.2, 0.25) is 5.02 Å². The Balaban J connectivity index is 1.81. The Kier molecular flexibility index (Phi) is 5.97. The minimum Gasteiger partial charge on any atom is -0.258 e. The maximum Gasteiger partial charge on any atom is 0.273 e. The van der Waals surface area contributed by atoms with Crippen molar-refractivity contribution >= 4 is 37.3 Å². The van der Waals surface area contributed by atoms with Crippen molar-refractivity contribution in [2.45, 2.75) is 16.7 Å². The molecule has 29 heavy (non-hydrogen) atoms. The predicted octanol–water partition coefficient (Wildman–Crippen LogP) is 2.25. The maximum absolute atomic E-state index is 12.9. The normalized spacial score (nSPS) is 16.6. The van der Waals surface area contributed by atoms with Gasteiger partial charge in [-0.1, -0.05) is 29.8 Å². The molecule has 1 aliphatic rings. The fourth-order valence-electron chi connectivity index (χ4n) is 3.04. The molecular formula is C17H18ClN3O6S2. The average molecular weight is 460 g/mol. The molecule has 0 aliphatic carbocycles. The van der Waals surface area contributed by atoms with Gasteiger partial charge in [-0.25, -0.2) is 16.8 Å². The third kappa shape index (κ3) is 4.14. The van der Waals surface area contributed by atoms with E-state index in [0.29, 0.717) is 5.56 Å². The zero-order valence-electron chi connectivity index (χ0n) is 15.4. The standard InChI is InChI=1S/C17H18ClN3O6S2/c1-13-6-7-14(12-16(13)21(22)23)28(24,25)19-8-10-20(11-9-19)29(26,27)17-5-3-2-4-15(17)18/h2-7,12H,8-11H2,1H3. The zero-order valence-corrected chi connectivity index (χ0v) is 17.7. The molecule has 9 nitrogen and oxygen atoms in total. The smallest absolute Gasteiger partial charge is 0.258 e. The molecule has 1 heterocycles. The van der Waals surface area contributed by atoms with Crippen LogP contribution >= 0.6 is 11.6 Å². The molecule has 156 valence electrons. The van der Waals surface area contributed by atoms with Crippen LogP contribution < -0.4 is 0 Å². The highest BCUT2D eigenvalue weighted by molar-refractivity contribution is 7.89. The lowest BCUT2D eigenvalue weighted by atomic mass is 10.2. The molecule has 1 saturated heterocycles. The molecule has 0 saturated carbocycles. The highest BCUT2D eigenvalue weighted by Gasteiger charge is 2.35. The first-order valence-electron chi connectivity index (χ1n) is 8.55. The first kappa shape index (κ1) is 21.7. The molecule has 0 spiro atoms. The molecule has 0 N–H and O–H groups in total. The summed E-state index contributed by atoms with van der Waals surface area (Å²) in [4.78, 5) is 10.2. The third-order valence-electron chi connectivity index (χ3n) is 4.67. The second kappa shape index (κ2) is 8.00. The van der Waals surface area contributed by atoms with E-state index in [9.17, 15) is 26.9 Å². The van der Waals surface area contributed by atoms with Crippen LogP contribution in [-0.2, 0) is 20.0 Å². The van der Waals surface area contributed by atoms with Crippen LogP contribution in [0.5, 0.6) is 0 Å². The summed E-state index contributed by atoms with van der Waals surface area (Å²) in [7, 11) is -7.85. The van der Waals surface area contributed by atoms with Crippen molar-refractivity contribution in [3.05, 3.63) is 63.2 Å². The van der Waals surface area contributed by atoms with Gasteiger partial charge in [0.1, 0.15) is 4.90 Å². The lowest BCUT2D eigenvalue weighted by molar-refractivity contribution is -0.385. The minimum absolute atomic E-state index is 0.0351. The topological polar surface area (TPSA) is 118 Å². The number of halogens is 1. The van der Waals surface area contributed by atoms with E-state index in [0.717, 1.165) is 10.4 Å². The highest BCUT2D eigenvalue weighted by Crippen LogP contribution is 2.28. The summed E-state index contributed by atoms with van der Waals surface area (Å²) in [6, 6.07) is 9.76. The van der Waals surface area contributed by atoms with Gasteiger partial charge in [0.05, 0.1) is 14.8 Å². The molecule has 0 atom stereocenters. The van der Waals surface area contributed by atoms with Gasteiger partial charge in [-0.05, 0) is 25.1 Å². The number of aryl methyl sites for hydroxylation is 1. The summed E-state index contributed by atoms with van der Waals surface area (Å²) in [5.41, 5.74) is 0.0654. The SMILES string of the molecule is Cc1ccc(S(=O)(=O)N2CCN(S(=O)(=O)c3ccccc3Cl)CC2)cc1[N+](=O)[O-]. The monoisotopic (exact) mass is 459 g/mol. The average Bonchev–Trinajstić information content (AvgIpc) is 2.68. The lowest BCUT2D eigenvalue weighted by Gasteiger charge is -2.33. The number of nitro groups is 1. The van der Waals surface area contributed by atoms with Crippen LogP contribution in [0.4, 0.5) is 5.69 Å². The molecule has 1 fully saturated rings. The summed E-state index contributed by atoms with van der Waals surface area (Å²) >= 11 is 6.00. The summed E-state index contributed by atoms with van der Waals surface area (Å²) < 4.78 is 53.6. The van der Waals surface area contributed by atoms with Gasteiger partial charge < -0.3 is 0 Å². The zero-order chi connectivity index (χ0) is 21.4. The van der Waals surface area contributed by atoms with Gasteiger partial charge in [-0.3, -0.25) is 10.1 Å². The maximum atomic E-state index is 12.9. The molecule has 12 heteroatoms. The predicted molar refractivity (Wildman–Crippen MR) is 107 cm³/mol. The van der Waals surface area contributed by atoms with Crippen LogP contribution in [-0.4, -0.2) is 56.5 Å². The molecule has 3 rings (SSSR count). The van der Waals surface area contributed by atoms with Crippen molar-refractivity contribution in [2.24, 2.45) is 0 Å². The Bertz CT molecular complexity index is 1160. The van der Waals surface area contributed by atoms with E-state index < -0.39 is 25.0 Å². The van der Waals surface area contributed by atoms with E-state index in [1.807, 2.05) is 0 Å². The van der Waals surface area contributed by atoms with Gasteiger partial charge >= 0.3 is 0 Å². The number of hydrogen-bond acceptors (Lipinski definition) is 6. The number of piperazine rings is 1. The van der Waals surface area contributed by atoms with Crippen LogP contribution in [0.25, 0.3) is 0 Å². The Morgan fingerprint density at radius 3 is 2.03 bits per heavy atom. The Labute approximate surface area is 173 Å². The van der Waals surface area contributed by atoms with Crippen LogP contribution in [0.15, 0.2) is 52.3 Å². The Hall–Kier alpha value is -2.05. The van der Waals surface area contributed by atoms with Gasteiger partial charge in [0, 0.05) is 37.8 Å². The lowest BCUT2D eigenvalue weighted by Crippen LogP contribution is -2.50. The van der Waals surface area contributed by atoms with Gasteiger partial charge in [0.15, 0.2) is 0 Å². The number of benzene rings is 2. The van der Waals surface area contributed by atoms with E-state index >= 15 is 0 Å². The fraction of sp³-hybridized carbons (Fsp3) is 0.294. The van der Waals surface area contributed by atoms with E-state index in [4.69, 9.17) is 11.6 Å². The first-order chi connectivity index (χ1) is 13.5. The van der Waals surface area contributed by atoms with E-state index in [1.54, 1.807) is 12.1 Å². The number of rotatable bonds is 5. The van der Waals surface area contributed by atoms with Crippen molar-refractivity contribution in [1.29, 1.82) is 0 Å². The largest absolute Gasteiger partial charge is 0.273 e. The van der Waals surface area contributed by atoms with Gasteiger partial charge in [0.25, 0.3) is 5.69 Å². The van der Waals surface area contributed by atoms with Crippen molar-refractivity contribution in [3.63, 3.8) is 0 Å². The van der Waals surface area contributed by atoms with E-state index in [1.165, 1.54) is 35.5 Å². The molecule has 2 aromatic rings. The van der Waals surface area contributed by atoms with E-state index in [-0.39, 0.29) is 46.7 Å². The van der Waals surface area contributed by atoms with E-state index in [2.05, 4.69) is 0 Å². The van der Waals surface area contributed by atoms with Gasteiger partial charge in [0.2, 0.25) is 20.0 Å². The summed E-state index contributed by atoms with van der Waals surface area (Å²) in [6.45, 7) is 1.26. The first-order valence-corrected chi connectivity index (χ1v) is 11.8. The molecule has 0 aromatic heterocycles. The number of hydrogen-bond donors (Lipinski definition) is 0. The summed E-state index contributed by atoms with van der Waals surface area (Å²) in [6.07, 6.45) is 0. The number of nitrogens with zero attached hydrogens (tertiary/aromatic N) is 3. The Morgan fingerprint density at radius 2 is 1.48 bits per heavy atom. The highest BCUT2D eigenvalue weighted by atomic mass is 35.5. The third-order valence-corrected chi connectivity index (χ3v) is 8.96. The van der Waals surface area contributed by atoms with Crippen LogP contribution in [0, 0.1) is 17.0 Å². The van der Waals surface area contributed by atoms with Gasteiger partial charge in [-0.2, -0.15) is 8.61 Å². The molecule has 0 unspecified atom stereocenters.